The van der Waals surface area contributed by atoms with E-state index in [1.807, 2.05) is 24.3 Å². The van der Waals surface area contributed by atoms with Crippen molar-refractivity contribution in [2.24, 2.45) is 0 Å². The zero-order chi connectivity index (χ0) is 6.81. The highest BCUT2D eigenvalue weighted by Crippen LogP contribution is 2.06. The van der Waals surface area contributed by atoms with Crippen LogP contribution < -0.4 is 0 Å². The van der Waals surface area contributed by atoms with Crippen molar-refractivity contribution in [2.75, 3.05) is 0 Å². The van der Waals surface area contributed by atoms with Gasteiger partial charge in [-0.1, -0.05) is 17.5 Å². The van der Waals surface area contributed by atoms with E-state index in [1.165, 1.54) is 0 Å². The molecule has 0 radical (unpaired) electrons. The lowest BCUT2D eigenvalue weighted by atomic mass is 10.3. The van der Waals surface area contributed by atoms with Gasteiger partial charge >= 0.3 is 0 Å². The van der Waals surface area contributed by atoms with Crippen LogP contribution in [0.15, 0.2) is 33.4 Å². The van der Waals surface area contributed by atoms with Gasteiger partial charge in [-0.05, 0) is 12.1 Å². The predicted molar refractivity (Wildman–Crippen MR) is 34.8 cm³/mol. The second kappa shape index (κ2) is 1.98. The van der Waals surface area contributed by atoms with Crippen LogP contribution in [0.3, 0.4) is 0 Å². The van der Waals surface area contributed by atoms with Gasteiger partial charge in [-0.15, -0.1) is 0 Å². The van der Waals surface area contributed by atoms with Gasteiger partial charge in [-0.2, -0.15) is 5.16 Å². The van der Waals surface area contributed by atoms with E-state index in [-0.39, 0.29) is 0 Å². The van der Waals surface area contributed by atoms with E-state index in [1.54, 1.807) is 0 Å². The number of fused-ring (bicyclic) bond motifs is 1. The Morgan fingerprint density at radius 2 is 2.10 bits per heavy atom. The number of nitrogens with one attached hydrogen (secondary N) is 2. The summed E-state index contributed by atoms with van der Waals surface area (Å²) in [5, 5.41) is 4.86. The zero-order valence-electron chi connectivity index (χ0n) is 5.13. The van der Waals surface area contributed by atoms with Crippen molar-refractivity contribution in [2.45, 2.75) is 0 Å². The molecule has 4 heteroatoms. The van der Waals surface area contributed by atoms with E-state index in [0.29, 0.717) is 0 Å². The molecule has 2 rings (SSSR count). The summed E-state index contributed by atoms with van der Waals surface area (Å²) in [6.45, 7) is 0. The summed E-state index contributed by atoms with van der Waals surface area (Å²) < 4.78 is 9.46. The molecule has 0 atom stereocenters. The lowest BCUT2D eigenvalue weighted by molar-refractivity contribution is 0.142. The topological polar surface area (TPSA) is 57.9 Å². The van der Waals surface area contributed by atoms with Gasteiger partial charge in [0.05, 0.1) is 0 Å². The zero-order valence-corrected chi connectivity index (χ0v) is 5.13. The second-order valence-electron chi connectivity index (χ2n) is 1.89. The minimum absolute atomic E-state index is 0.730. The molecule has 0 aliphatic heterocycles. The molecule has 0 unspecified atom stereocenters. The first kappa shape index (κ1) is 5.22. The Kier molecular flexibility index (Phi) is 1.04. The molecular formula is C6H6N2O2. The van der Waals surface area contributed by atoms with Gasteiger partial charge in [-0.25, -0.2) is 0 Å². The minimum atomic E-state index is 0.730. The van der Waals surface area contributed by atoms with E-state index in [2.05, 4.69) is 15.1 Å². The molecule has 0 saturated heterocycles. The molecular weight excluding hydrogens is 132 g/mol. The SMILES string of the molecule is c1ccc2o[nH]o[nH]c2c1. The Morgan fingerprint density at radius 1 is 1.20 bits per heavy atom. The molecule has 0 bridgehead atoms. The lowest BCUT2D eigenvalue weighted by Gasteiger charge is -1.91. The Morgan fingerprint density at radius 3 is 3.00 bits per heavy atom. The van der Waals surface area contributed by atoms with Crippen LogP contribution in [0.5, 0.6) is 0 Å². The molecule has 0 fully saturated rings. The Labute approximate surface area is 56.0 Å². The van der Waals surface area contributed by atoms with Gasteiger partial charge in [0, 0.05) is 0 Å². The van der Waals surface area contributed by atoms with Gasteiger partial charge in [-0.3, -0.25) is 4.63 Å². The van der Waals surface area contributed by atoms with Crippen molar-refractivity contribution in [3.05, 3.63) is 24.3 Å². The molecule has 1 heterocycles. The maximum atomic E-state index is 4.89. The van der Waals surface area contributed by atoms with E-state index < -0.39 is 0 Å². The molecule has 4 nitrogen and oxygen atoms in total. The third-order valence-electron chi connectivity index (χ3n) is 1.24. The van der Waals surface area contributed by atoms with Crippen LogP contribution in [0.2, 0.25) is 0 Å². The molecule has 0 aliphatic rings. The average molecular weight is 138 g/mol. The molecule has 0 aliphatic carbocycles. The quantitative estimate of drug-likeness (QED) is 0.583. The highest BCUT2D eigenvalue weighted by atomic mass is 16.7. The van der Waals surface area contributed by atoms with Gasteiger partial charge < -0.3 is 4.52 Å². The standard InChI is InChI=1S/C6H6N2O2/c1-2-4-6-5(3-1)7-10-8-9-6/h1-4,7-8H. The van der Waals surface area contributed by atoms with Crippen molar-refractivity contribution in [1.82, 2.24) is 10.5 Å². The molecule has 2 aromatic rings. The molecule has 1 aromatic carbocycles. The van der Waals surface area contributed by atoms with Gasteiger partial charge in [0.25, 0.3) is 0 Å². The lowest BCUT2D eigenvalue weighted by Crippen LogP contribution is -1.77. The maximum absolute atomic E-state index is 4.89. The molecule has 2 N–H and O–H groups in total. The number of aromatic nitrogens is 2. The van der Waals surface area contributed by atoms with Crippen LogP contribution in [0.4, 0.5) is 0 Å². The average Bonchev–Trinajstić information content (AvgIpc) is 2.05. The Bertz CT molecular complexity index is 285. The highest BCUT2D eigenvalue weighted by Gasteiger charge is 1.89. The van der Waals surface area contributed by atoms with E-state index in [0.717, 1.165) is 11.1 Å². The van der Waals surface area contributed by atoms with E-state index in [9.17, 15) is 0 Å². The summed E-state index contributed by atoms with van der Waals surface area (Å²) in [4.78, 5) is 0. The number of H-pyrrole nitrogens is 2. The molecule has 0 spiro atoms. The number of hydrogen-bond donors (Lipinski definition) is 2. The number of aromatic amines is 2. The first-order valence-corrected chi connectivity index (χ1v) is 2.89. The predicted octanol–water partition coefficient (Wildman–Crippen LogP) is 1.81. The number of hydrogen-bond acceptors (Lipinski definition) is 2. The van der Waals surface area contributed by atoms with Crippen molar-refractivity contribution >= 4 is 11.1 Å². The summed E-state index contributed by atoms with van der Waals surface area (Å²) >= 11 is 0. The monoisotopic (exact) mass is 138 g/mol. The smallest absolute Gasteiger partial charge is 0.185 e. The van der Waals surface area contributed by atoms with Crippen molar-refractivity contribution in [3.8, 4) is 0 Å². The summed E-state index contributed by atoms with van der Waals surface area (Å²) in [5.74, 6) is 0. The molecule has 0 saturated carbocycles. The van der Waals surface area contributed by atoms with Gasteiger partial charge in [0.2, 0.25) is 0 Å². The fourth-order valence-electron chi connectivity index (χ4n) is 0.781. The largest absolute Gasteiger partial charge is 0.348 e. The molecule has 52 valence electrons. The van der Waals surface area contributed by atoms with Crippen LogP contribution in [-0.2, 0) is 0 Å². The van der Waals surface area contributed by atoms with Gasteiger partial charge in [0.1, 0.15) is 5.52 Å². The number of rotatable bonds is 0. The van der Waals surface area contributed by atoms with E-state index in [4.69, 9.17) is 4.52 Å². The fourth-order valence-corrected chi connectivity index (χ4v) is 0.781. The van der Waals surface area contributed by atoms with Crippen LogP contribution in [0.25, 0.3) is 11.1 Å². The first-order valence-electron chi connectivity index (χ1n) is 2.89. The second-order valence-corrected chi connectivity index (χ2v) is 1.89. The summed E-state index contributed by atoms with van der Waals surface area (Å²) in [7, 11) is 0. The fraction of sp³-hybridized carbons (Fsp3) is 0. The summed E-state index contributed by atoms with van der Waals surface area (Å²) in [6, 6.07) is 7.46. The normalized spacial score (nSPS) is 10.0. The molecule has 1 aromatic heterocycles. The highest BCUT2D eigenvalue weighted by molar-refractivity contribution is 5.69. The van der Waals surface area contributed by atoms with Crippen LogP contribution >= 0.6 is 0 Å². The number of para-hydroxylation sites is 2. The minimum Gasteiger partial charge on any atom is -0.348 e. The van der Waals surface area contributed by atoms with E-state index >= 15 is 0 Å². The van der Waals surface area contributed by atoms with Crippen LogP contribution in [0.1, 0.15) is 0 Å². The summed E-state index contributed by atoms with van der Waals surface area (Å²) in [5.41, 5.74) is 1.55. The van der Waals surface area contributed by atoms with Gasteiger partial charge in [0.15, 0.2) is 5.58 Å². The van der Waals surface area contributed by atoms with Crippen LogP contribution in [-0.4, -0.2) is 10.5 Å². The Hall–Kier alpha value is -1.58. The molecule has 10 heavy (non-hydrogen) atoms. The number of benzene rings is 1. The maximum Gasteiger partial charge on any atom is 0.185 e. The van der Waals surface area contributed by atoms with Crippen LogP contribution in [0, 0.1) is 0 Å². The first-order chi connectivity index (χ1) is 4.97. The molecule has 0 amide bonds. The van der Waals surface area contributed by atoms with Crippen molar-refractivity contribution < 1.29 is 9.15 Å². The third-order valence-corrected chi connectivity index (χ3v) is 1.24. The summed E-state index contributed by atoms with van der Waals surface area (Å²) in [6.07, 6.45) is 0. The Balaban J connectivity index is 2.89. The van der Waals surface area contributed by atoms with Crippen molar-refractivity contribution in [3.63, 3.8) is 0 Å². The third kappa shape index (κ3) is 0.699. The van der Waals surface area contributed by atoms with Crippen molar-refractivity contribution in [1.29, 1.82) is 0 Å².